The van der Waals surface area contributed by atoms with Crippen molar-refractivity contribution in [2.24, 2.45) is 10.4 Å². The lowest BCUT2D eigenvalue weighted by Crippen LogP contribution is -2.44. The molecule has 0 aromatic carbocycles. The molecule has 1 aromatic heterocycles. The summed E-state index contributed by atoms with van der Waals surface area (Å²) in [6.45, 7) is 11.9. The Labute approximate surface area is 144 Å². The molecule has 0 radical (unpaired) electrons. The number of hydrogen-bond donors (Lipinski definition) is 2. The summed E-state index contributed by atoms with van der Waals surface area (Å²) in [6, 6.07) is 3.33. The second kappa shape index (κ2) is 8.31. The molecule has 6 heteroatoms. The van der Waals surface area contributed by atoms with Crippen LogP contribution in [0.3, 0.4) is 0 Å². The monoisotopic (exact) mass is 335 g/mol. The number of aliphatic imine (C=N–C) groups is 1. The average molecular weight is 335 g/mol. The lowest BCUT2D eigenvalue weighted by atomic mass is 9.92. The predicted molar refractivity (Wildman–Crippen MR) is 98.0 cm³/mol. The van der Waals surface area contributed by atoms with Gasteiger partial charge in [0.1, 0.15) is 0 Å². The number of guanidine groups is 1. The third-order valence-corrected chi connectivity index (χ3v) is 4.04. The van der Waals surface area contributed by atoms with Gasteiger partial charge < -0.3 is 15.5 Å². The molecule has 2 rings (SSSR count). The number of rotatable bonds is 5. The van der Waals surface area contributed by atoms with E-state index in [4.69, 9.17) is 0 Å². The second-order valence-electron chi connectivity index (χ2n) is 7.46. The highest BCUT2D eigenvalue weighted by atomic mass is 19.1. The molecule has 1 unspecified atom stereocenters. The summed E-state index contributed by atoms with van der Waals surface area (Å²) < 4.78 is 13.9. The number of hydrogen-bond acceptors (Lipinski definition) is 3. The summed E-state index contributed by atoms with van der Waals surface area (Å²) in [5, 5.41) is 6.76. The van der Waals surface area contributed by atoms with Gasteiger partial charge >= 0.3 is 0 Å². The quantitative estimate of drug-likeness (QED) is 0.642. The van der Waals surface area contributed by atoms with Crippen LogP contribution in [-0.4, -0.2) is 43.2 Å². The largest absolute Gasteiger partial charge is 0.357 e. The van der Waals surface area contributed by atoms with Crippen molar-refractivity contribution in [2.75, 3.05) is 31.1 Å². The van der Waals surface area contributed by atoms with Crippen LogP contribution in [0.1, 0.15) is 40.5 Å². The van der Waals surface area contributed by atoms with E-state index in [0.717, 1.165) is 45.0 Å². The minimum Gasteiger partial charge on any atom is -0.357 e. The topological polar surface area (TPSA) is 52.6 Å². The van der Waals surface area contributed by atoms with E-state index in [9.17, 15) is 4.39 Å². The van der Waals surface area contributed by atoms with Gasteiger partial charge in [0.25, 0.3) is 0 Å². The summed E-state index contributed by atoms with van der Waals surface area (Å²) in [6.07, 6.45) is 3.62. The van der Waals surface area contributed by atoms with Crippen LogP contribution in [0.5, 0.6) is 0 Å². The zero-order valence-electron chi connectivity index (χ0n) is 15.3. The molecule has 2 N–H and O–H groups in total. The van der Waals surface area contributed by atoms with Crippen molar-refractivity contribution in [3.63, 3.8) is 0 Å². The van der Waals surface area contributed by atoms with E-state index < -0.39 is 0 Å². The van der Waals surface area contributed by atoms with Crippen molar-refractivity contribution in [1.82, 2.24) is 15.6 Å². The first-order valence-corrected chi connectivity index (χ1v) is 8.79. The molecule has 0 aliphatic carbocycles. The number of aromatic nitrogens is 1. The summed E-state index contributed by atoms with van der Waals surface area (Å²) in [7, 11) is 0. The van der Waals surface area contributed by atoms with Gasteiger partial charge in [-0.2, -0.15) is 0 Å². The molecule has 0 amide bonds. The molecule has 2 heterocycles. The highest BCUT2D eigenvalue weighted by Crippen LogP contribution is 2.21. The maximum Gasteiger partial charge on any atom is 0.191 e. The summed E-state index contributed by atoms with van der Waals surface area (Å²) >= 11 is 0. The molecule has 1 aromatic rings. The first-order chi connectivity index (χ1) is 11.4. The molecule has 1 aliphatic heterocycles. The zero-order valence-corrected chi connectivity index (χ0v) is 15.3. The predicted octanol–water partition coefficient (Wildman–Crippen LogP) is 2.79. The number of nitrogens with zero attached hydrogens (tertiary/aromatic N) is 3. The molecule has 0 saturated carbocycles. The fourth-order valence-corrected chi connectivity index (χ4v) is 2.70. The molecule has 1 atom stereocenters. The van der Waals surface area contributed by atoms with Gasteiger partial charge in [-0.1, -0.05) is 20.8 Å². The normalized spacial score (nSPS) is 18.8. The third kappa shape index (κ3) is 5.65. The minimum absolute atomic E-state index is 0.249. The first kappa shape index (κ1) is 18.5. The molecule has 0 spiro atoms. The van der Waals surface area contributed by atoms with E-state index in [1.807, 2.05) is 4.90 Å². The van der Waals surface area contributed by atoms with Crippen LogP contribution in [0.2, 0.25) is 0 Å². The van der Waals surface area contributed by atoms with Crippen LogP contribution in [0.4, 0.5) is 10.2 Å². The van der Waals surface area contributed by atoms with Crippen molar-refractivity contribution < 1.29 is 4.39 Å². The van der Waals surface area contributed by atoms with E-state index in [1.54, 1.807) is 12.3 Å². The lowest BCUT2D eigenvalue weighted by molar-refractivity contribution is 0.384. The van der Waals surface area contributed by atoms with Gasteiger partial charge in [-0.25, -0.2) is 9.37 Å². The fraction of sp³-hybridized carbons (Fsp3) is 0.667. The van der Waals surface area contributed by atoms with Gasteiger partial charge in [0, 0.05) is 38.4 Å². The van der Waals surface area contributed by atoms with Crippen molar-refractivity contribution in [1.29, 1.82) is 0 Å². The van der Waals surface area contributed by atoms with Gasteiger partial charge in [0.15, 0.2) is 17.6 Å². The standard InChI is InChI=1S/C18H30FN5/c1-5-20-17(22-11-9-18(2,3)4)23-14-8-12-24(13-14)16-15(19)7-6-10-21-16/h6-7,10,14H,5,8-9,11-13H2,1-4H3,(H2,20,22,23). The Morgan fingerprint density at radius 3 is 2.92 bits per heavy atom. The number of nitrogens with one attached hydrogen (secondary N) is 2. The molecular formula is C18H30FN5. The van der Waals surface area contributed by atoms with E-state index in [0.29, 0.717) is 5.82 Å². The molecule has 1 saturated heterocycles. The van der Waals surface area contributed by atoms with Gasteiger partial charge in [0.05, 0.1) is 0 Å². The van der Waals surface area contributed by atoms with Gasteiger partial charge in [-0.3, -0.25) is 4.99 Å². The van der Waals surface area contributed by atoms with Crippen LogP contribution in [0.15, 0.2) is 23.3 Å². The van der Waals surface area contributed by atoms with Crippen LogP contribution in [0.25, 0.3) is 0 Å². The van der Waals surface area contributed by atoms with E-state index in [2.05, 4.69) is 48.3 Å². The molecule has 5 nitrogen and oxygen atoms in total. The van der Waals surface area contributed by atoms with Crippen molar-refractivity contribution >= 4 is 11.8 Å². The highest BCUT2D eigenvalue weighted by molar-refractivity contribution is 5.80. The lowest BCUT2D eigenvalue weighted by Gasteiger charge is -2.20. The minimum atomic E-state index is -0.260. The van der Waals surface area contributed by atoms with Crippen molar-refractivity contribution in [3.05, 3.63) is 24.1 Å². The van der Waals surface area contributed by atoms with E-state index >= 15 is 0 Å². The Bertz CT molecular complexity index is 553. The summed E-state index contributed by atoms with van der Waals surface area (Å²) in [4.78, 5) is 10.8. The Morgan fingerprint density at radius 1 is 1.46 bits per heavy atom. The Hall–Kier alpha value is -1.85. The zero-order chi connectivity index (χ0) is 17.6. The van der Waals surface area contributed by atoms with Crippen LogP contribution in [-0.2, 0) is 0 Å². The summed E-state index contributed by atoms with van der Waals surface area (Å²) in [5.41, 5.74) is 0.279. The fourth-order valence-electron chi connectivity index (χ4n) is 2.70. The number of anilines is 1. The average Bonchev–Trinajstić information content (AvgIpc) is 2.95. The smallest absolute Gasteiger partial charge is 0.191 e. The van der Waals surface area contributed by atoms with E-state index in [-0.39, 0.29) is 17.3 Å². The van der Waals surface area contributed by atoms with Crippen molar-refractivity contribution in [2.45, 2.75) is 46.6 Å². The summed E-state index contributed by atoms with van der Waals surface area (Å²) in [5.74, 6) is 1.02. The van der Waals surface area contributed by atoms with Gasteiger partial charge in [0.2, 0.25) is 0 Å². The Balaban J connectivity index is 1.91. The van der Waals surface area contributed by atoms with Gasteiger partial charge in [-0.05, 0) is 37.3 Å². The number of halogens is 1. The van der Waals surface area contributed by atoms with Crippen LogP contribution in [0, 0.1) is 11.2 Å². The van der Waals surface area contributed by atoms with Crippen LogP contribution >= 0.6 is 0 Å². The first-order valence-electron chi connectivity index (χ1n) is 8.79. The third-order valence-electron chi connectivity index (χ3n) is 4.04. The molecule has 1 aliphatic rings. The Morgan fingerprint density at radius 2 is 2.25 bits per heavy atom. The second-order valence-corrected chi connectivity index (χ2v) is 7.46. The SMILES string of the molecule is CCNC(=NCCC(C)(C)C)NC1CCN(c2ncccc2F)C1. The molecule has 134 valence electrons. The molecule has 0 bridgehead atoms. The van der Waals surface area contributed by atoms with E-state index in [1.165, 1.54) is 6.07 Å². The molecule has 24 heavy (non-hydrogen) atoms. The highest BCUT2D eigenvalue weighted by Gasteiger charge is 2.25. The van der Waals surface area contributed by atoms with Crippen LogP contribution < -0.4 is 15.5 Å². The van der Waals surface area contributed by atoms with Crippen molar-refractivity contribution in [3.8, 4) is 0 Å². The molecule has 1 fully saturated rings. The molecular weight excluding hydrogens is 305 g/mol. The Kier molecular flexibility index (Phi) is 6.40. The number of pyridine rings is 1. The maximum absolute atomic E-state index is 13.9. The maximum atomic E-state index is 13.9. The van der Waals surface area contributed by atoms with Gasteiger partial charge in [-0.15, -0.1) is 0 Å².